The highest BCUT2D eigenvalue weighted by molar-refractivity contribution is 7.09. The van der Waals surface area contributed by atoms with Gasteiger partial charge in [0, 0.05) is 30.1 Å². The van der Waals surface area contributed by atoms with Gasteiger partial charge in [0.25, 0.3) is 0 Å². The van der Waals surface area contributed by atoms with Gasteiger partial charge in [-0.25, -0.2) is 4.98 Å². The number of nitrogens with one attached hydrogen (secondary N) is 1. The highest BCUT2D eigenvalue weighted by atomic mass is 32.1. The molecule has 0 aliphatic heterocycles. The zero-order valence-corrected chi connectivity index (χ0v) is 10.7. The SMILES string of the molecule is CNCc1ccc(OCCc2cccs2)nc1. The van der Waals surface area contributed by atoms with Crippen LogP contribution >= 0.6 is 11.3 Å². The third-order valence-corrected chi connectivity index (χ3v) is 3.29. The van der Waals surface area contributed by atoms with Crippen LogP contribution in [0.3, 0.4) is 0 Å². The summed E-state index contributed by atoms with van der Waals surface area (Å²) < 4.78 is 5.59. The lowest BCUT2D eigenvalue weighted by atomic mass is 10.3. The molecule has 0 spiro atoms. The third kappa shape index (κ3) is 3.84. The fourth-order valence-electron chi connectivity index (χ4n) is 1.52. The molecule has 0 saturated heterocycles. The summed E-state index contributed by atoms with van der Waals surface area (Å²) in [4.78, 5) is 5.60. The molecule has 3 nitrogen and oxygen atoms in total. The van der Waals surface area contributed by atoms with E-state index in [0.29, 0.717) is 12.5 Å². The first kappa shape index (κ1) is 12.1. The van der Waals surface area contributed by atoms with Crippen LogP contribution in [0.25, 0.3) is 0 Å². The average molecular weight is 248 g/mol. The minimum absolute atomic E-state index is 0.679. The zero-order chi connectivity index (χ0) is 11.9. The molecule has 0 atom stereocenters. The van der Waals surface area contributed by atoms with E-state index in [1.165, 1.54) is 4.88 Å². The minimum Gasteiger partial charge on any atom is -0.477 e. The Balaban J connectivity index is 1.79. The van der Waals surface area contributed by atoms with Crippen LogP contribution in [0.15, 0.2) is 35.8 Å². The molecule has 0 saturated carbocycles. The van der Waals surface area contributed by atoms with Crippen molar-refractivity contribution in [3.8, 4) is 5.88 Å². The van der Waals surface area contributed by atoms with Crippen LogP contribution in [0.2, 0.25) is 0 Å². The van der Waals surface area contributed by atoms with Crippen molar-refractivity contribution in [1.82, 2.24) is 10.3 Å². The van der Waals surface area contributed by atoms with E-state index in [1.54, 1.807) is 11.3 Å². The number of rotatable bonds is 6. The Kier molecular flexibility index (Phi) is 4.53. The summed E-state index contributed by atoms with van der Waals surface area (Å²) in [5, 5.41) is 5.17. The van der Waals surface area contributed by atoms with Crippen molar-refractivity contribution in [3.63, 3.8) is 0 Å². The Morgan fingerprint density at radius 3 is 2.94 bits per heavy atom. The molecule has 4 heteroatoms. The van der Waals surface area contributed by atoms with Crippen molar-refractivity contribution in [2.45, 2.75) is 13.0 Å². The van der Waals surface area contributed by atoms with Crippen LogP contribution in [-0.4, -0.2) is 18.6 Å². The second-order valence-corrected chi connectivity index (χ2v) is 4.75. The first-order valence-electron chi connectivity index (χ1n) is 5.63. The molecule has 2 heterocycles. The zero-order valence-electron chi connectivity index (χ0n) is 9.85. The molecule has 0 radical (unpaired) electrons. The Bertz CT molecular complexity index is 425. The summed E-state index contributed by atoms with van der Waals surface area (Å²) in [6.07, 6.45) is 2.79. The Hall–Kier alpha value is -1.39. The van der Waals surface area contributed by atoms with Gasteiger partial charge in [-0.15, -0.1) is 11.3 Å². The van der Waals surface area contributed by atoms with Crippen molar-refractivity contribution < 1.29 is 4.74 Å². The molecule has 0 aliphatic rings. The lowest BCUT2D eigenvalue weighted by Crippen LogP contribution is -2.06. The normalized spacial score (nSPS) is 10.4. The van der Waals surface area contributed by atoms with Gasteiger partial charge < -0.3 is 10.1 Å². The van der Waals surface area contributed by atoms with Crippen molar-refractivity contribution in [2.75, 3.05) is 13.7 Å². The Morgan fingerprint density at radius 2 is 2.29 bits per heavy atom. The van der Waals surface area contributed by atoms with Crippen molar-refractivity contribution in [3.05, 3.63) is 46.3 Å². The molecule has 0 unspecified atom stereocenters. The Labute approximate surface area is 105 Å². The van der Waals surface area contributed by atoms with E-state index >= 15 is 0 Å². The maximum absolute atomic E-state index is 5.59. The maximum Gasteiger partial charge on any atom is 0.213 e. The first-order chi connectivity index (χ1) is 8.38. The summed E-state index contributed by atoms with van der Waals surface area (Å²) in [6, 6.07) is 8.13. The van der Waals surface area contributed by atoms with E-state index in [9.17, 15) is 0 Å². The van der Waals surface area contributed by atoms with Crippen molar-refractivity contribution in [1.29, 1.82) is 0 Å². The summed E-state index contributed by atoms with van der Waals surface area (Å²) in [5.41, 5.74) is 1.16. The number of nitrogens with zero attached hydrogens (tertiary/aromatic N) is 1. The smallest absolute Gasteiger partial charge is 0.213 e. The van der Waals surface area contributed by atoms with Gasteiger partial charge in [0.05, 0.1) is 6.61 Å². The third-order valence-electron chi connectivity index (χ3n) is 2.36. The predicted molar refractivity (Wildman–Crippen MR) is 70.5 cm³/mol. The second kappa shape index (κ2) is 6.37. The maximum atomic E-state index is 5.59. The molecule has 2 rings (SSSR count). The van der Waals surface area contributed by atoms with Gasteiger partial charge in [0.1, 0.15) is 0 Å². The first-order valence-corrected chi connectivity index (χ1v) is 6.51. The number of aromatic nitrogens is 1. The summed E-state index contributed by atoms with van der Waals surface area (Å²) >= 11 is 1.76. The van der Waals surface area contributed by atoms with Crippen LogP contribution in [0, 0.1) is 0 Å². The summed E-state index contributed by atoms with van der Waals surface area (Å²) in [7, 11) is 1.92. The number of thiophene rings is 1. The van der Waals surface area contributed by atoms with E-state index in [2.05, 4.69) is 27.8 Å². The predicted octanol–water partition coefficient (Wildman–Crippen LogP) is 2.48. The summed E-state index contributed by atoms with van der Waals surface area (Å²) in [6.45, 7) is 1.52. The van der Waals surface area contributed by atoms with Gasteiger partial charge >= 0.3 is 0 Å². The van der Waals surface area contributed by atoms with Gasteiger partial charge in [-0.2, -0.15) is 0 Å². The van der Waals surface area contributed by atoms with E-state index in [4.69, 9.17) is 4.74 Å². The van der Waals surface area contributed by atoms with Gasteiger partial charge in [0.15, 0.2) is 0 Å². The van der Waals surface area contributed by atoms with Gasteiger partial charge in [-0.1, -0.05) is 12.1 Å². The highest BCUT2D eigenvalue weighted by Crippen LogP contribution is 2.11. The number of hydrogen-bond acceptors (Lipinski definition) is 4. The van der Waals surface area contributed by atoms with Gasteiger partial charge in [0.2, 0.25) is 5.88 Å². The van der Waals surface area contributed by atoms with Gasteiger partial charge in [-0.05, 0) is 24.1 Å². The molecule has 0 bridgehead atoms. The molecule has 0 aliphatic carbocycles. The lowest BCUT2D eigenvalue weighted by Gasteiger charge is -2.05. The van der Waals surface area contributed by atoms with Crippen molar-refractivity contribution >= 4 is 11.3 Å². The topological polar surface area (TPSA) is 34.1 Å². The van der Waals surface area contributed by atoms with E-state index < -0.39 is 0 Å². The molecule has 0 amide bonds. The number of pyridine rings is 1. The molecule has 1 N–H and O–H groups in total. The molecule has 17 heavy (non-hydrogen) atoms. The molecule has 2 aromatic rings. The molecule has 0 aromatic carbocycles. The summed E-state index contributed by atoms with van der Waals surface area (Å²) in [5.74, 6) is 0.696. The monoisotopic (exact) mass is 248 g/mol. The van der Waals surface area contributed by atoms with Gasteiger partial charge in [-0.3, -0.25) is 0 Å². The molecule has 0 fully saturated rings. The quantitative estimate of drug-likeness (QED) is 0.853. The number of hydrogen-bond donors (Lipinski definition) is 1. The minimum atomic E-state index is 0.679. The van der Waals surface area contributed by atoms with Crippen LogP contribution in [0.1, 0.15) is 10.4 Å². The van der Waals surface area contributed by atoms with Crippen LogP contribution < -0.4 is 10.1 Å². The lowest BCUT2D eigenvalue weighted by molar-refractivity contribution is 0.310. The van der Waals surface area contributed by atoms with E-state index in [1.807, 2.05) is 25.4 Å². The van der Waals surface area contributed by atoms with E-state index in [0.717, 1.165) is 18.5 Å². The average Bonchev–Trinajstić information content (AvgIpc) is 2.85. The van der Waals surface area contributed by atoms with Crippen LogP contribution in [0.4, 0.5) is 0 Å². The van der Waals surface area contributed by atoms with Crippen LogP contribution in [0.5, 0.6) is 5.88 Å². The molecular weight excluding hydrogens is 232 g/mol. The van der Waals surface area contributed by atoms with Crippen LogP contribution in [-0.2, 0) is 13.0 Å². The second-order valence-electron chi connectivity index (χ2n) is 3.71. The fourth-order valence-corrected chi connectivity index (χ4v) is 2.21. The molecular formula is C13H16N2OS. The van der Waals surface area contributed by atoms with Crippen molar-refractivity contribution in [2.24, 2.45) is 0 Å². The largest absolute Gasteiger partial charge is 0.477 e. The van der Waals surface area contributed by atoms with E-state index in [-0.39, 0.29) is 0 Å². The standard InChI is InChI=1S/C13H16N2OS/c1-14-9-11-4-5-13(15-10-11)16-7-6-12-3-2-8-17-12/h2-5,8,10,14H,6-7,9H2,1H3. The fraction of sp³-hybridized carbons (Fsp3) is 0.308. The molecule has 2 aromatic heterocycles. The molecule has 90 valence electrons. The number of ether oxygens (including phenoxy) is 1. The Morgan fingerprint density at radius 1 is 1.35 bits per heavy atom. The highest BCUT2D eigenvalue weighted by Gasteiger charge is 1.98.